The van der Waals surface area contributed by atoms with Gasteiger partial charge in [-0.2, -0.15) is 0 Å². The van der Waals surface area contributed by atoms with E-state index in [1.807, 2.05) is 18.2 Å². The van der Waals surface area contributed by atoms with Gasteiger partial charge < -0.3 is 0 Å². The molecule has 1 radical (unpaired) electrons. The molecule has 0 unspecified atom stereocenters. The van der Waals surface area contributed by atoms with Gasteiger partial charge in [0.1, 0.15) is 0 Å². The number of carbonyl (C=O) groups is 1. The van der Waals surface area contributed by atoms with Crippen LogP contribution in [0.25, 0.3) is 0 Å². The molecule has 0 saturated carbocycles. The summed E-state index contributed by atoms with van der Waals surface area (Å²) >= 11 is 3.65. The molecule has 0 aromatic heterocycles. The Bertz CT molecular complexity index is 210. The Morgan fingerprint density at radius 3 is 2.00 bits per heavy atom. The van der Waals surface area contributed by atoms with Gasteiger partial charge in [0.25, 0.3) is 0 Å². The van der Waals surface area contributed by atoms with Crippen LogP contribution in [-0.4, -0.2) is 56.5 Å². The van der Waals surface area contributed by atoms with E-state index in [1.165, 1.54) is 0 Å². The molecule has 0 atom stereocenters. The monoisotopic (exact) mass is 177 g/mol. The topological polar surface area (TPSA) is 17.1 Å². The van der Waals surface area contributed by atoms with Crippen molar-refractivity contribution in [2.45, 2.75) is 0 Å². The van der Waals surface area contributed by atoms with Gasteiger partial charge in [-0.05, 0) is 0 Å². The second-order valence-corrected chi connectivity index (χ2v) is 2.08. The van der Waals surface area contributed by atoms with E-state index in [4.69, 9.17) is 0 Å². The quantitative estimate of drug-likeness (QED) is 0.506. The van der Waals surface area contributed by atoms with Crippen LogP contribution in [0.15, 0.2) is 30.3 Å². The SMILES string of the molecule is O=C(S)c1ccccc1.[K]. The number of hydrogen-bond acceptors (Lipinski definition) is 1. The second-order valence-electron chi connectivity index (χ2n) is 1.67. The third-order valence-electron chi connectivity index (χ3n) is 1.02. The van der Waals surface area contributed by atoms with Gasteiger partial charge in [-0.15, -0.1) is 12.6 Å². The van der Waals surface area contributed by atoms with Gasteiger partial charge in [0.15, 0.2) is 0 Å². The predicted octanol–water partition coefficient (Wildman–Crippen LogP) is 1.38. The summed E-state index contributed by atoms with van der Waals surface area (Å²) in [6.07, 6.45) is 0. The molecule has 1 rings (SSSR count). The van der Waals surface area contributed by atoms with Crippen molar-refractivity contribution in [2.75, 3.05) is 0 Å². The van der Waals surface area contributed by atoms with Crippen molar-refractivity contribution in [2.24, 2.45) is 0 Å². The molecular formula is C7H6KOS. The maximum Gasteiger partial charge on any atom is 0.216 e. The van der Waals surface area contributed by atoms with Gasteiger partial charge in [-0.1, -0.05) is 30.3 Å². The molecule has 3 heteroatoms. The Hall–Kier alpha value is 0.876. The molecule has 0 N–H and O–H groups in total. The average molecular weight is 177 g/mol. The zero-order chi connectivity index (χ0) is 6.69. The molecule has 0 amide bonds. The number of rotatable bonds is 1. The van der Waals surface area contributed by atoms with Crippen molar-refractivity contribution < 1.29 is 4.79 Å². The van der Waals surface area contributed by atoms with E-state index in [2.05, 4.69) is 12.6 Å². The third-order valence-corrected chi connectivity index (χ3v) is 1.28. The first-order chi connectivity index (χ1) is 4.30. The van der Waals surface area contributed by atoms with Crippen LogP contribution < -0.4 is 0 Å². The molecule has 47 valence electrons. The number of hydrogen-bond donors (Lipinski definition) is 1. The van der Waals surface area contributed by atoms with Crippen molar-refractivity contribution in [3.05, 3.63) is 35.9 Å². The molecule has 10 heavy (non-hydrogen) atoms. The van der Waals surface area contributed by atoms with E-state index in [9.17, 15) is 4.79 Å². The molecule has 0 heterocycles. The standard InChI is InChI=1S/C7H6OS.K/c8-7(9)6-4-2-1-3-5-6;/h1-5H,(H,8,9);. The summed E-state index contributed by atoms with van der Waals surface area (Å²) in [6, 6.07) is 8.94. The molecule has 0 fully saturated rings. The summed E-state index contributed by atoms with van der Waals surface area (Å²) in [7, 11) is 0. The van der Waals surface area contributed by atoms with E-state index in [1.54, 1.807) is 12.1 Å². The minimum Gasteiger partial charge on any atom is -0.282 e. The fourth-order valence-electron chi connectivity index (χ4n) is 0.581. The molecule has 0 bridgehead atoms. The Kier molecular flexibility index (Phi) is 6.00. The molecule has 1 aromatic carbocycles. The van der Waals surface area contributed by atoms with Crippen molar-refractivity contribution in [3.63, 3.8) is 0 Å². The van der Waals surface area contributed by atoms with Gasteiger partial charge in [-0.25, -0.2) is 0 Å². The Balaban J connectivity index is 0.000000810. The first kappa shape index (κ1) is 10.9. The van der Waals surface area contributed by atoms with Crippen molar-refractivity contribution in [1.82, 2.24) is 0 Å². The van der Waals surface area contributed by atoms with E-state index in [0.29, 0.717) is 5.56 Å². The Labute approximate surface area is 108 Å². The van der Waals surface area contributed by atoms with Crippen molar-refractivity contribution in [3.8, 4) is 0 Å². The van der Waals surface area contributed by atoms with Gasteiger partial charge in [0.05, 0.1) is 0 Å². The summed E-state index contributed by atoms with van der Waals surface area (Å²) in [6.45, 7) is 0. The summed E-state index contributed by atoms with van der Waals surface area (Å²) in [5, 5.41) is -0.185. The van der Waals surface area contributed by atoms with Crippen LogP contribution in [0, 0.1) is 0 Å². The Morgan fingerprint density at radius 2 is 1.70 bits per heavy atom. The predicted molar refractivity (Wildman–Crippen MR) is 45.5 cm³/mol. The molecule has 0 saturated heterocycles. The summed E-state index contributed by atoms with van der Waals surface area (Å²) in [5.74, 6) is 0. The molecule has 1 aromatic rings. The van der Waals surface area contributed by atoms with Gasteiger partial charge in [-0.3, -0.25) is 4.79 Å². The van der Waals surface area contributed by atoms with Crippen LogP contribution >= 0.6 is 12.6 Å². The molecule has 0 spiro atoms. The van der Waals surface area contributed by atoms with Crippen molar-refractivity contribution >= 4 is 69.1 Å². The molecular weight excluding hydrogens is 171 g/mol. The summed E-state index contributed by atoms with van der Waals surface area (Å²) in [4.78, 5) is 10.5. The average Bonchev–Trinajstić information content (AvgIpc) is 1.90. The number of thiol groups is 1. The fourth-order valence-corrected chi connectivity index (χ4v) is 0.730. The summed E-state index contributed by atoms with van der Waals surface area (Å²) < 4.78 is 0. The van der Waals surface area contributed by atoms with E-state index >= 15 is 0 Å². The fraction of sp³-hybridized carbons (Fsp3) is 0. The third kappa shape index (κ3) is 3.32. The normalized spacial score (nSPS) is 8.10. The Morgan fingerprint density at radius 1 is 1.20 bits per heavy atom. The molecule has 0 aliphatic heterocycles. The van der Waals surface area contributed by atoms with Crippen LogP contribution in [0.2, 0.25) is 0 Å². The van der Waals surface area contributed by atoms with E-state index in [-0.39, 0.29) is 56.5 Å². The first-order valence-corrected chi connectivity index (χ1v) is 3.04. The summed E-state index contributed by atoms with van der Waals surface area (Å²) in [5.41, 5.74) is 0.640. The van der Waals surface area contributed by atoms with Gasteiger partial charge in [0.2, 0.25) is 5.12 Å². The minimum absolute atomic E-state index is 0. The minimum atomic E-state index is -0.185. The van der Waals surface area contributed by atoms with Crippen LogP contribution in [0.4, 0.5) is 0 Å². The van der Waals surface area contributed by atoms with Crippen LogP contribution in [0.1, 0.15) is 10.4 Å². The van der Waals surface area contributed by atoms with Crippen LogP contribution in [0.3, 0.4) is 0 Å². The number of carbonyl (C=O) groups excluding carboxylic acids is 1. The van der Waals surface area contributed by atoms with Crippen molar-refractivity contribution in [1.29, 1.82) is 0 Å². The van der Waals surface area contributed by atoms with E-state index < -0.39 is 0 Å². The maximum atomic E-state index is 10.5. The van der Waals surface area contributed by atoms with Crippen LogP contribution in [-0.2, 0) is 0 Å². The van der Waals surface area contributed by atoms with E-state index in [0.717, 1.165) is 0 Å². The number of benzene rings is 1. The molecule has 1 nitrogen and oxygen atoms in total. The maximum absolute atomic E-state index is 10.5. The second kappa shape index (κ2) is 5.52. The molecule has 0 aliphatic rings. The molecule has 0 aliphatic carbocycles. The smallest absolute Gasteiger partial charge is 0.216 e. The van der Waals surface area contributed by atoms with Gasteiger partial charge in [0, 0.05) is 56.9 Å². The zero-order valence-corrected chi connectivity index (χ0v) is 9.76. The largest absolute Gasteiger partial charge is 0.282 e. The zero-order valence-electron chi connectivity index (χ0n) is 5.74. The first-order valence-electron chi connectivity index (χ1n) is 2.59. The van der Waals surface area contributed by atoms with Gasteiger partial charge >= 0.3 is 0 Å². The van der Waals surface area contributed by atoms with Crippen LogP contribution in [0.5, 0.6) is 0 Å².